The molecule has 1 aromatic carbocycles. The molecule has 0 heterocycles. The summed E-state index contributed by atoms with van der Waals surface area (Å²) in [6.45, 7) is 0. The fourth-order valence-electron chi connectivity index (χ4n) is 1.45. The largest absolute Gasteiger partial charge is 0.309 e. The van der Waals surface area contributed by atoms with Crippen molar-refractivity contribution in [1.82, 2.24) is 0 Å². The van der Waals surface area contributed by atoms with Crippen molar-refractivity contribution in [2.45, 2.75) is 12.8 Å². The van der Waals surface area contributed by atoms with Crippen molar-refractivity contribution in [1.29, 1.82) is 5.41 Å². The molecule has 0 atom stereocenters. The molecule has 1 N–H and O–H groups in total. The van der Waals surface area contributed by atoms with E-state index in [0.29, 0.717) is 0 Å². The number of benzene rings is 1. The Kier molecular flexibility index (Phi) is 1.57. The maximum Gasteiger partial charge on any atom is 0.0178 e. The summed E-state index contributed by atoms with van der Waals surface area (Å²) in [6.07, 6.45) is 1.69. The van der Waals surface area contributed by atoms with Gasteiger partial charge in [-0.2, -0.15) is 0 Å². The minimum absolute atomic E-state index is 0.832. The first-order valence-corrected chi connectivity index (χ1v) is 4.38. The fourth-order valence-corrected chi connectivity index (χ4v) is 1.86. The van der Waals surface area contributed by atoms with Crippen LogP contribution >= 0.6 is 15.9 Å². The van der Waals surface area contributed by atoms with Gasteiger partial charge in [-0.05, 0) is 23.3 Å². The first kappa shape index (κ1) is 7.04. The third-order valence-corrected chi connectivity index (χ3v) is 2.47. The molecule has 1 aliphatic carbocycles. The second kappa shape index (κ2) is 2.45. The number of rotatable bonds is 0. The summed E-state index contributed by atoms with van der Waals surface area (Å²) in [5.41, 5.74) is 3.46. The number of nitrogens with one attached hydrogen (secondary N) is 1. The Morgan fingerprint density at radius 3 is 2.73 bits per heavy atom. The molecule has 0 fully saturated rings. The quantitative estimate of drug-likeness (QED) is 0.680. The number of fused-ring (bicyclic) bond motifs is 1. The summed E-state index contributed by atoms with van der Waals surface area (Å²) < 4.78 is 1.12. The maximum absolute atomic E-state index is 7.49. The van der Waals surface area contributed by atoms with Crippen LogP contribution < -0.4 is 0 Å². The lowest BCUT2D eigenvalue weighted by molar-refractivity contribution is 1.32. The summed E-state index contributed by atoms with van der Waals surface area (Å²) in [5.74, 6) is 0. The van der Waals surface area contributed by atoms with Crippen LogP contribution in [-0.4, -0.2) is 5.71 Å². The zero-order valence-electron chi connectivity index (χ0n) is 6.02. The van der Waals surface area contributed by atoms with Gasteiger partial charge in [0.05, 0.1) is 0 Å². The van der Waals surface area contributed by atoms with Crippen LogP contribution in [0.2, 0.25) is 0 Å². The molecule has 0 bridgehead atoms. The van der Waals surface area contributed by atoms with Gasteiger partial charge in [0.15, 0.2) is 0 Å². The fraction of sp³-hybridized carbons (Fsp3) is 0.222. The Hall–Kier alpha value is -0.630. The van der Waals surface area contributed by atoms with E-state index in [-0.39, 0.29) is 0 Å². The molecule has 0 unspecified atom stereocenters. The van der Waals surface area contributed by atoms with Crippen molar-refractivity contribution in [3.8, 4) is 0 Å². The topological polar surface area (TPSA) is 23.9 Å². The van der Waals surface area contributed by atoms with Crippen molar-refractivity contribution in [2.75, 3.05) is 0 Å². The average molecular weight is 210 g/mol. The van der Waals surface area contributed by atoms with E-state index >= 15 is 0 Å². The van der Waals surface area contributed by atoms with Crippen LogP contribution in [0.1, 0.15) is 11.1 Å². The number of hydrogen-bond donors (Lipinski definition) is 1. The molecular weight excluding hydrogens is 202 g/mol. The molecular formula is C9H8BrN. The van der Waals surface area contributed by atoms with Gasteiger partial charge in [-0.25, -0.2) is 0 Å². The zero-order chi connectivity index (χ0) is 7.84. The highest BCUT2D eigenvalue weighted by Crippen LogP contribution is 2.23. The predicted molar refractivity (Wildman–Crippen MR) is 49.3 cm³/mol. The molecule has 1 aromatic rings. The highest BCUT2D eigenvalue weighted by Gasteiger charge is 2.14. The molecule has 1 nitrogen and oxygen atoms in total. The lowest BCUT2D eigenvalue weighted by atomic mass is 10.1. The van der Waals surface area contributed by atoms with Gasteiger partial charge in [-0.1, -0.05) is 22.0 Å². The predicted octanol–water partition coefficient (Wildman–Crippen LogP) is 2.57. The van der Waals surface area contributed by atoms with Gasteiger partial charge in [-0.15, -0.1) is 0 Å². The summed E-state index contributed by atoms with van der Waals surface area (Å²) in [7, 11) is 0. The summed E-state index contributed by atoms with van der Waals surface area (Å²) in [6, 6.07) is 6.25. The minimum atomic E-state index is 0.832. The van der Waals surface area contributed by atoms with Crippen LogP contribution in [0.15, 0.2) is 22.7 Å². The number of hydrogen-bond acceptors (Lipinski definition) is 1. The second-order valence-corrected chi connectivity index (χ2v) is 3.79. The van der Waals surface area contributed by atoms with Gasteiger partial charge in [0.2, 0.25) is 0 Å². The first-order chi connectivity index (χ1) is 5.25. The highest BCUT2D eigenvalue weighted by molar-refractivity contribution is 9.10. The van der Waals surface area contributed by atoms with Gasteiger partial charge in [-0.3, -0.25) is 0 Å². The summed E-state index contributed by atoms with van der Waals surface area (Å²) in [5, 5.41) is 7.49. The summed E-state index contributed by atoms with van der Waals surface area (Å²) in [4.78, 5) is 0. The van der Waals surface area contributed by atoms with E-state index in [0.717, 1.165) is 23.0 Å². The molecule has 56 valence electrons. The van der Waals surface area contributed by atoms with E-state index in [1.807, 2.05) is 6.07 Å². The van der Waals surface area contributed by atoms with Crippen molar-refractivity contribution in [3.05, 3.63) is 33.8 Å². The molecule has 0 saturated heterocycles. The maximum atomic E-state index is 7.49. The van der Waals surface area contributed by atoms with E-state index in [9.17, 15) is 0 Å². The van der Waals surface area contributed by atoms with Gasteiger partial charge >= 0.3 is 0 Å². The Balaban J connectivity index is 2.51. The molecule has 2 rings (SSSR count). The minimum Gasteiger partial charge on any atom is -0.309 e. The molecule has 0 aliphatic heterocycles. The second-order valence-electron chi connectivity index (χ2n) is 2.87. The van der Waals surface area contributed by atoms with E-state index in [1.54, 1.807) is 0 Å². The Bertz CT molecular complexity index is 317. The lowest BCUT2D eigenvalue weighted by Gasteiger charge is -1.96. The van der Waals surface area contributed by atoms with Crippen molar-refractivity contribution in [3.63, 3.8) is 0 Å². The van der Waals surface area contributed by atoms with E-state index in [4.69, 9.17) is 5.41 Å². The normalized spacial score (nSPS) is 15.2. The van der Waals surface area contributed by atoms with Gasteiger partial charge < -0.3 is 5.41 Å². The van der Waals surface area contributed by atoms with Crippen LogP contribution in [0.5, 0.6) is 0 Å². The zero-order valence-corrected chi connectivity index (χ0v) is 7.61. The molecule has 0 amide bonds. The van der Waals surface area contributed by atoms with Gasteiger partial charge in [0, 0.05) is 23.0 Å². The van der Waals surface area contributed by atoms with Crippen molar-refractivity contribution in [2.24, 2.45) is 0 Å². The smallest absolute Gasteiger partial charge is 0.0178 e. The number of halogens is 1. The van der Waals surface area contributed by atoms with Crippen molar-refractivity contribution >= 4 is 21.6 Å². The summed E-state index contributed by atoms with van der Waals surface area (Å²) >= 11 is 3.41. The van der Waals surface area contributed by atoms with Crippen LogP contribution in [-0.2, 0) is 12.8 Å². The molecule has 0 saturated carbocycles. The molecule has 1 aliphatic rings. The molecule has 11 heavy (non-hydrogen) atoms. The van der Waals surface area contributed by atoms with E-state index in [2.05, 4.69) is 28.1 Å². The highest BCUT2D eigenvalue weighted by atomic mass is 79.9. The first-order valence-electron chi connectivity index (χ1n) is 3.59. The third kappa shape index (κ3) is 1.23. The van der Waals surface area contributed by atoms with Gasteiger partial charge in [0.25, 0.3) is 0 Å². The van der Waals surface area contributed by atoms with E-state index in [1.165, 1.54) is 11.1 Å². The van der Waals surface area contributed by atoms with E-state index < -0.39 is 0 Å². The molecule has 0 spiro atoms. The average Bonchev–Trinajstić information content (AvgIpc) is 2.27. The van der Waals surface area contributed by atoms with Crippen molar-refractivity contribution < 1.29 is 0 Å². The molecule has 0 radical (unpaired) electrons. The van der Waals surface area contributed by atoms with Crippen LogP contribution in [0.25, 0.3) is 0 Å². The Morgan fingerprint density at radius 2 is 1.91 bits per heavy atom. The molecule has 2 heteroatoms. The lowest BCUT2D eigenvalue weighted by Crippen LogP contribution is -1.91. The Labute approximate surface area is 74.1 Å². The van der Waals surface area contributed by atoms with Crippen LogP contribution in [0.3, 0.4) is 0 Å². The SMILES string of the molecule is N=C1Cc2ccc(Br)cc2C1. The van der Waals surface area contributed by atoms with Crippen LogP contribution in [0.4, 0.5) is 0 Å². The standard InChI is InChI=1S/C9H8BrN/c10-8-2-1-6-4-9(11)5-7(6)3-8/h1-3,11H,4-5H2. The molecule has 0 aromatic heterocycles. The van der Waals surface area contributed by atoms with Gasteiger partial charge in [0.1, 0.15) is 0 Å². The monoisotopic (exact) mass is 209 g/mol. The van der Waals surface area contributed by atoms with Crippen LogP contribution in [0, 0.1) is 5.41 Å². The third-order valence-electron chi connectivity index (χ3n) is 1.98. The Morgan fingerprint density at radius 1 is 1.18 bits per heavy atom.